The van der Waals surface area contributed by atoms with E-state index in [2.05, 4.69) is 15.5 Å². The van der Waals surface area contributed by atoms with Crippen molar-refractivity contribution in [3.63, 3.8) is 0 Å². The van der Waals surface area contributed by atoms with Crippen LogP contribution in [-0.2, 0) is 24.2 Å². The molecule has 1 N–H and O–H groups in total. The van der Waals surface area contributed by atoms with Gasteiger partial charge in [0.25, 0.3) is 0 Å². The molecule has 4 rings (SSSR count). The Kier molecular flexibility index (Phi) is 4.42. The highest BCUT2D eigenvalue weighted by molar-refractivity contribution is 5.91. The molecule has 2 heterocycles. The zero-order chi connectivity index (χ0) is 19.8. The van der Waals surface area contributed by atoms with Crippen LogP contribution in [0.2, 0.25) is 0 Å². The van der Waals surface area contributed by atoms with Crippen LogP contribution < -0.4 is 5.32 Å². The van der Waals surface area contributed by atoms with Crippen molar-refractivity contribution in [2.75, 3.05) is 5.32 Å². The van der Waals surface area contributed by atoms with Gasteiger partial charge in [0, 0.05) is 5.56 Å². The fraction of sp³-hybridized carbons (Fsp3) is 0.316. The number of nitrogens with one attached hydrogen (secondary N) is 1. The molecule has 0 saturated heterocycles. The maximum absolute atomic E-state index is 12.7. The van der Waals surface area contributed by atoms with E-state index in [1.54, 1.807) is 18.5 Å². The number of hydrogen-bond donors (Lipinski definition) is 1. The maximum Gasteiger partial charge on any atom is 0.312 e. The number of rotatable bonds is 5. The predicted octanol–water partition coefficient (Wildman–Crippen LogP) is 2.72. The number of para-hydroxylation sites is 1. The normalized spacial score (nSPS) is 12.8. The second kappa shape index (κ2) is 6.91. The Hall–Kier alpha value is -3.49. The Morgan fingerprint density at radius 3 is 2.64 bits per heavy atom. The van der Waals surface area contributed by atoms with E-state index >= 15 is 0 Å². The lowest BCUT2D eigenvalue weighted by atomic mass is 10.2. The van der Waals surface area contributed by atoms with Crippen LogP contribution >= 0.6 is 0 Å². The van der Waals surface area contributed by atoms with E-state index < -0.39 is 4.92 Å². The number of aromatic nitrogens is 4. The van der Waals surface area contributed by atoms with Crippen molar-refractivity contribution in [1.82, 2.24) is 19.6 Å². The summed E-state index contributed by atoms with van der Waals surface area (Å²) in [5.41, 5.74) is 3.53. The van der Waals surface area contributed by atoms with Crippen LogP contribution in [0, 0.1) is 24.0 Å². The van der Waals surface area contributed by atoms with Gasteiger partial charge >= 0.3 is 5.69 Å². The molecule has 1 aromatic carbocycles. The Balaban J connectivity index is 1.62. The number of fused-ring (bicyclic) bond motifs is 1. The molecule has 3 aromatic rings. The molecule has 1 aliphatic carbocycles. The summed E-state index contributed by atoms with van der Waals surface area (Å²) in [4.78, 5) is 23.4. The number of benzene rings is 1. The van der Waals surface area contributed by atoms with Crippen molar-refractivity contribution in [1.29, 1.82) is 0 Å². The van der Waals surface area contributed by atoms with E-state index in [9.17, 15) is 14.9 Å². The van der Waals surface area contributed by atoms with E-state index in [1.807, 2.05) is 30.3 Å². The fourth-order valence-corrected chi connectivity index (χ4v) is 3.69. The summed E-state index contributed by atoms with van der Waals surface area (Å²) in [6, 6.07) is 9.63. The summed E-state index contributed by atoms with van der Waals surface area (Å²) in [7, 11) is 0. The summed E-state index contributed by atoms with van der Waals surface area (Å²) in [6.07, 6.45) is 2.77. The van der Waals surface area contributed by atoms with Gasteiger partial charge < -0.3 is 5.32 Å². The molecular formula is C19H20N6O3. The second-order valence-corrected chi connectivity index (χ2v) is 6.86. The van der Waals surface area contributed by atoms with Crippen LogP contribution in [0.25, 0.3) is 5.69 Å². The van der Waals surface area contributed by atoms with E-state index in [0.29, 0.717) is 17.2 Å². The van der Waals surface area contributed by atoms with Crippen LogP contribution in [0.1, 0.15) is 29.1 Å². The van der Waals surface area contributed by atoms with Gasteiger partial charge in [-0.2, -0.15) is 10.2 Å². The number of anilines is 1. The minimum atomic E-state index is -0.469. The van der Waals surface area contributed by atoms with Gasteiger partial charge in [-0.05, 0) is 45.2 Å². The van der Waals surface area contributed by atoms with Crippen molar-refractivity contribution in [2.45, 2.75) is 39.7 Å². The largest absolute Gasteiger partial charge is 0.312 e. The fourth-order valence-electron chi connectivity index (χ4n) is 3.69. The number of amides is 1. The highest BCUT2D eigenvalue weighted by Gasteiger charge is 2.26. The lowest BCUT2D eigenvalue weighted by Gasteiger charge is -2.11. The predicted molar refractivity (Wildman–Crippen MR) is 103 cm³/mol. The van der Waals surface area contributed by atoms with Crippen molar-refractivity contribution in [3.8, 4) is 5.69 Å². The summed E-state index contributed by atoms with van der Waals surface area (Å²) in [6.45, 7) is 3.06. The number of hydrogen-bond acceptors (Lipinski definition) is 5. The van der Waals surface area contributed by atoms with Crippen LogP contribution in [0.5, 0.6) is 0 Å². The number of carbonyl (C=O) groups excluding carboxylic acids is 1. The zero-order valence-electron chi connectivity index (χ0n) is 15.7. The first-order chi connectivity index (χ1) is 13.5. The van der Waals surface area contributed by atoms with E-state index in [0.717, 1.165) is 36.2 Å². The van der Waals surface area contributed by atoms with Gasteiger partial charge in [0.1, 0.15) is 23.8 Å². The summed E-state index contributed by atoms with van der Waals surface area (Å²) in [5.74, 6) is 0.368. The Labute approximate surface area is 161 Å². The first kappa shape index (κ1) is 17.9. The molecule has 1 amide bonds. The van der Waals surface area contributed by atoms with Gasteiger partial charge in [0.2, 0.25) is 5.91 Å². The summed E-state index contributed by atoms with van der Waals surface area (Å²) in [5, 5.41) is 22.9. The SMILES string of the molecule is Cc1nn(CC(=O)Nc2c3c(nn2-c2ccccc2)CCC3)c(C)c1[N+](=O)[O-]. The average molecular weight is 380 g/mol. The van der Waals surface area contributed by atoms with Gasteiger partial charge in [-0.1, -0.05) is 18.2 Å². The molecule has 2 aromatic heterocycles. The zero-order valence-corrected chi connectivity index (χ0v) is 15.7. The third-order valence-corrected chi connectivity index (χ3v) is 4.98. The van der Waals surface area contributed by atoms with Crippen LogP contribution in [0.3, 0.4) is 0 Å². The highest BCUT2D eigenvalue weighted by Crippen LogP contribution is 2.31. The highest BCUT2D eigenvalue weighted by atomic mass is 16.6. The standard InChI is InChI=1S/C19H20N6O3/c1-12-18(25(27)28)13(2)23(21-12)11-17(26)20-19-15-9-6-10-16(15)22-24(19)14-7-4-3-5-8-14/h3-5,7-8H,6,9-11H2,1-2H3,(H,20,26). The lowest BCUT2D eigenvalue weighted by molar-refractivity contribution is -0.386. The Morgan fingerprint density at radius 2 is 1.96 bits per heavy atom. The molecule has 0 radical (unpaired) electrons. The van der Waals surface area contributed by atoms with Gasteiger partial charge in [-0.15, -0.1) is 0 Å². The van der Waals surface area contributed by atoms with Gasteiger partial charge in [-0.25, -0.2) is 4.68 Å². The molecule has 9 nitrogen and oxygen atoms in total. The first-order valence-corrected chi connectivity index (χ1v) is 9.10. The molecule has 28 heavy (non-hydrogen) atoms. The van der Waals surface area contributed by atoms with Gasteiger partial charge in [0.05, 0.1) is 16.3 Å². The number of aryl methyl sites for hydroxylation is 2. The molecule has 0 atom stereocenters. The lowest BCUT2D eigenvalue weighted by Crippen LogP contribution is -2.22. The van der Waals surface area contributed by atoms with Crippen LogP contribution in [-0.4, -0.2) is 30.4 Å². The molecule has 0 aliphatic heterocycles. The molecule has 0 bridgehead atoms. The van der Waals surface area contributed by atoms with E-state index in [-0.39, 0.29) is 18.1 Å². The average Bonchev–Trinajstić information content (AvgIpc) is 3.31. The number of carbonyl (C=O) groups is 1. The molecule has 0 unspecified atom stereocenters. The third-order valence-electron chi connectivity index (χ3n) is 4.98. The van der Waals surface area contributed by atoms with Crippen LogP contribution in [0.4, 0.5) is 11.5 Å². The monoisotopic (exact) mass is 380 g/mol. The van der Waals surface area contributed by atoms with Gasteiger partial charge in [0.15, 0.2) is 0 Å². The van der Waals surface area contributed by atoms with Crippen molar-refractivity contribution in [2.24, 2.45) is 0 Å². The summed E-state index contributed by atoms with van der Waals surface area (Å²) < 4.78 is 3.12. The summed E-state index contributed by atoms with van der Waals surface area (Å²) >= 11 is 0. The van der Waals surface area contributed by atoms with Crippen molar-refractivity contribution in [3.05, 3.63) is 63.1 Å². The van der Waals surface area contributed by atoms with Crippen molar-refractivity contribution >= 4 is 17.4 Å². The number of nitrogens with zero attached hydrogens (tertiary/aromatic N) is 5. The minimum Gasteiger partial charge on any atom is -0.309 e. The number of nitro groups is 1. The smallest absolute Gasteiger partial charge is 0.309 e. The molecule has 1 aliphatic rings. The molecule has 0 spiro atoms. The maximum atomic E-state index is 12.7. The van der Waals surface area contributed by atoms with E-state index in [4.69, 9.17) is 0 Å². The topological polar surface area (TPSA) is 108 Å². The van der Waals surface area contributed by atoms with Crippen molar-refractivity contribution < 1.29 is 9.72 Å². The van der Waals surface area contributed by atoms with Gasteiger partial charge in [-0.3, -0.25) is 19.6 Å². The quantitative estimate of drug-likeness (QED) is 0.541. The first-order valence-electron chi connectivity index (χ1n) is 9.10. The molecule has 0 saturated carbocycles. The van der Waals surface area contributed by atoms with Crippen LogP contribution in [0.15, 0.2) is 30.3 Å². The van der Waals surface area contributed by atoms with E-state index in [1.165, 1.54) is 4.68 Å². The Morgan fingerprint density at radius 1 is 1.21 bits per heavy atom. The second-order valence-electron chi connectivity index (χ2n) is 6.86. The molecule has 144 valence electrons. The minimum absolute atomic E-state index is 0.0528. The third kappa shape index (κ3) is 3.04. The molecule has 0 fully saturated rings. The molecule has 9 heteroatoms. The Bertz CT molecular complexity index is 1070. The molecular weight excluding hydrogens is 360 g/mol.